The Hall–Kier alpha value is -3.14. The van der Waals surface area contributed by atoms with Crippen LogP contribution in [0.2, 0.25) is 0 Å². The number of sulfonamides is 1. The van der Waals surface area contributed by atoms with Gasteiger partial charge in [-0.25, -0.2) is 8.42 Å². The van der Waals surface area contributed by atoms with Gasteiger partial charge in [0.05, 0.1) is 17.7 Å². The van der Waals surface area contributed by atoms with E-state index in [2.05, 4.69) is 15.2 Å². The zero-order valence-electron chi connectivity index (χ0n) is 15.1. The van der Waals surface area contributed by atoms with Gasteiger partial charge in [0.2, 0.25) is 0 Å². The largest absolute Gasteiger partial charge is 0.497 e. The average Bonchev–Trinajstić information content (AvgIpc) is 2.66. The molecular formula is C17H20N4O5S. The molecule has 0 saturated heterocycles. The van der Waals surface area contributed by atoms with E-state index in [4.69, 9.17) is 4.74 Å². The molecule has 0 atom stereocenters. The van der Waals surface area contributed by atoms with Crippen LogP contribution in [-0.2, 0) is 10.0 Å². The highest BCUT2D eigenvalue weighted by molar-refractivity contribution is 7.92. The van der Waals surface area contributed by atoms with Crippen molar-refractivity contribution in [2.24, 2.45) is 5.10 Å². The van der Waals surface area contributed by atoms with Gasteiger partial charge < -0.3 is 4.74 Å². The van der Waals surface area contributed by atoms with E-state index in [0.717, 1.165) is 11.8 Å². The molecule has 144 valence electrons. The standard InChI is InChI=1S/C17H20N4O5S/c1-4-12(2)18-19-16-10-7-14(21(22)23)11-17(16)27(24,25)20-13-5-8-15(26-3)9-6-13/h5-11,19-20H,4H2,1-3H3/b18-12+. The van der Waals surface area contributed by atoms with E-state index in [9.17, 15) is 18.5 Å². The molecule has 0 heterocycles. The maximum Gasteiger partial charge on any atom is 0.270 e. The number of nitro groups is 1. The molecule has 0 amide bonds. The first-order valence-corrected chi connectivity index (χ1v) is 9.49. The third-order valence-corrected chi connectivity index (χ3v) is 5.11. The topological polar surface area (TPSA) is 123 Å². The quantitative estimate of drug-likeness (QED) is 0.402. The first-order valence-electron chi connectivity index (χ1n) is 8.01. The van der Waals surface area contributed by atoms with E-state index in [0.29, 0.717) is 17.9 Å². The Bertz CT molecular complexity index is 956. The lowest BCUT2D eigenvalue weighted by molar-refractivity contribution is -0.385. The summed E-state index contributed by atoms with van der Waals surface area (Å²) in [7, 11) is -2.60. The summed E-state index contributed by atoms with van der Waals surface area (Å²) >= 11 is 0. The molecule has 9 nitrogen and oxygen atoms in total. The van der Waals surface area contributed by atoms with Gasteiger partial charge in [-0.2, -0.15) is 5.10 Å². The highest BCUT2D eigenvalue weighted by atomic mass is 32.2. The molecule has 0 aliphatic carbocycles. The van der Waals surface area contributed by atoms with Gasteiger partial charge >= 0.3 is 0 Å². The predicted molar refractivity (Wildman–Crippen MR) is 104 cm³/mol. The number of methoxy groups -OCH3 is 1. The Labute approximate surface area is 157 Å². The highest BCUT2D eigenvalue weighted by Crippen LogP contribution is 2.28. The molecule has 2 N–H and O–H groups in total. The fraction of sp³-hybridized carbons (Fsp3) is 0.235. The molecule has 10 heteroatoms. The fourth-order valence-corrected chi connectivity index (χ4v) is 3.28. The highest BCUT2D eigenvalue weighted by Gasteiger charge is 2.22. The van der Waals surface area contributed by atoms with Crippen molar-refractivity contribution in [1.29, 1.82) is 0 Å². The molecule has 0 fully saturated rings. The SMILES string of the molecule is CC/C(C)=N/Nc1ccc([N+](=O)[O-])cc1S(=O)(=O)Nc1ccc(OC)cc1. The van der Waals surface area contributed by atoms with Gasteiger partial charge in [-0.3, -0.25) is 20.3 Å². The van der Waals surface area contributed by atoms with E-state index in [-0.39, 0.29) is 16.3 Å². The van der Waals surface area contributed by atoms with Crippen LogP contribution in [0.25, 0.3) is 0 Å². The van der Waals surface area contributed by atoms with Crippen LogP contribution in [0.5, 0.6) is 5.75 Å². The van der Waals surface area contributed by atoms with Crippen LogP contribution in [-0.4, -0.2) is 26.2 Å². The molecule has 27 heavy (non-hydrogen) atoms. The third-order valence-electron chi connectivity index (χ3n) is 3.69. The molecule has 0 bridgehead atoms. The molecule has 0 radical (unpaired) electrons. The van der Waals surface area contributed by atoms with E-state index in [1.165, 1.54) is 31.4 Å². The number of non-ortho nitro benzene ring substituents is 1. The van der Waals surface area contributed by atoms with Crippen LogP contribution in [0.15, 0.2) is 52.5 Å². The van der Waals surface area contributed by atoms with Crippen LogP contribution in [0.3, 0.4) is 0 Å². The molecule has 0 aromatic heterocycles. The van der Waals surface area contributed by atoms with Gasteiger partial charge in [-0.05, 0) is 43.7 Å². The minimum absolute atomic E-state index is 0.134. The number of hydrazone groups is 1. The minimum Gasteiger partial charge on any atom is -0.497 e. The summed E-state index contributed by atoms with van der Waals surface area (Å²) in [6.45, 7) is 3.68. The summed E-state index contributed by atoms with van der Waals surface area (Å²) < 4.78 is 33.1. The Morgan fingerprint density at radius 2 is 1.89 bits per heavy atom. The van der Waals surface area contributed by atoms with E-state index in [1.54, 1.807) is 19.1 Å². The minimum atomic E-state index is -4.10. The number of nitrogens with one attached hydrogen (secondary N) is 2. The average molecular weight is 392 g/mol. The predicted octanol–water partition coefficient (Wildman–Crippen LogP) is 3.60. The van der Waals surface area contributed by atoms with Crippen molar-refractivity contribution in [2.45, 2.75) is 25.2 Å². The van der Waals surface area contributed by atoms with Crippen LogP contribution in [0.1, 0.15) is 20.3 Å². The monoisotopic (exact) mass is 392 g/mol. The smallest absolute Gasteiger partial charge is 0.270 e. The van der Waals surface area contributed by atoms with Crippen molar-refractivity contribution in [2.75, 3.05) is 17.3 Å². The Morgan fingerprint density at radius 1 is 1.22 bits per heavy atom. The third kappa shape index (κ3) is 5.17. The lowest BCUT2D eigenvalue weighted by atomic mass is 10.3. The van der Waals surface area contributed by atoms with E-state index in [1.807, 2.05) is 6.92 Å². The van der Waals surface area contributed by atoms with Crippen LogP contribution >= 0.6 is 0 Å². The van der Waals surface area contributed by atoms with Crippen molar-refractivity contribution < 1.29 is 18.1 Å². The van der Waals surface area contributed by atoms with Crippen molar-refractivity contribution in [3.63, 3.8) is 0 Å². The first kappa shape index (κ1) is 20.2. The van der Waals surface area contributed by atoms with Gasteiger partial charge in [0.1, 0.15) is 10.6 Å². The van der Waals surface area contributed by atoms with Gasteiger partial charge in [0.15, 0.2) is 0 Å². The van der Waals surface area contributed by atoms with E-state index >= 15 is 0 Å². The number of nitro benzene ring substituents is 1. The number of rotatable bonds is 8. The maximum atomic E-state index is 12.8. The van der Waals surface area contributed by atoms with Crippen molar-refractivity contribution in [3.05, 3.63) is 52.6 Å². The molecule has 0 saturated carbocycles. The second-order valence-electron chi connectivity index (χ2n) is 5.58. The molecular weight excluding hydrogens is 372 g/mol. The molecule has 0 aliphatic heterocycles. The summed E-state index contributed by atoms with van der Waals surface area (Å²) in [4.78, 5) is 10.1. The molecule has 0 unspecified atom stereocenters. The summed E-state index contributed by atoms with van der Waals surface area (Å²) in [6, 6.07) is 9.77. The zero-order valence-corrected chi connectivity index (χ0v) is 15.9. The normalized spacial score (nSPS) is 11.7. The number of hydrogen-bond acceptors (Lipinski definition) is 7. The van der Waals surface area contributed by atoms with Gasteiger partial charge in [-0.1, -0.05) is 6.92 Å². The van der Waals surface area contributed by atoms with Crippen molar-refractivity contribution in [3.8, 4) is 5.75 Å². The summed E-state index contributed by atoms with van der Waals surface area (Å²) in [5, 5.41) is 15.1. The number of benzene rings is 2. The maximum absolute atomic E-state index is 12.8. The Morgan fingerprint density at radius 3 is 2.44 bits per heavy atom. The van der Waals surface area contributed by atoms with Gasteiger partial charge in [0, 0.05) is 23.5 Å². The second kappa shape index (κ2) is 8.49. The zero-order chi connectivity index (χ0) is 20.0. The Kier molecular flexibility index (Phi) is 6.35. The molecule has 2 aromatic rings. The number of hydrogen-bond donors (Lipinski definition) is 2. The first-order chi connectivity index (χ1) is 12.8. The molecule has 0 spiro atoms. The van der Waals surface area contributed by atoms with Gasteiger partial charge in [0.25, 0.3) is 15.7 Å². The van der Waals surface area contributed by atoms with Crippen molar-refractivity contribution in [1.82, 2.24) is 0 Å². The molecule has 2 rings (SSSR count). The van der Waals surface area contributed by atoms with Crippen LogP contribution < -0.4 is 14.9 Å². The second-order valence-corrected chi connectivity index (χ2v) is 7.23. The number of anilines is 2. The number of nitrogens with zero attached hydrogens (tertiary/aromatic N) is 2. The molecule has 0 aliphatic rings. The lowest BCUT2D eigenvalue weighted by Gasteiger charge is -2.12. The van der Waals surface area contributed by atoms with Crippen LogP contribution in [0, 0.1) is 10.1 Å². The van der Waals surface area contributed by atoms with Crippen LogP contribution in [0.4, 0.5) is 17.1 Å². The molecule has 2 aromatic carbocycles. The van der Waals surface area contributed by atoms with Crippen molar-refractivity contribution >= 4 is 32.8 Å². The van der Waals surface area contributed by atoms with E-state index < -0.39 is 14.9 Å². The lowest BCUT2D eigenvalue weighted by Crippen LogP contribution is -2.15. The summed E-state index contributed by atoms with van der Waals surface area (Å²) in [5.41, 5.74) is 3.50. The number of ether oxygens (including phenoxy) is 1. The Balaban J connectivity index is 2.44. The van der Waals surface area contributed by atoms with Gasteiger partial charge in [-0.15, -0.1) is 0 Å². The summed E-state index contributed by atoms with van der Waals surface area (Å²) in [5.74, 6) is 0.569. The summed E-state index contributed by atoms with van der Waals surface area (Å²) in [6.07, 6.45) is 0.673. The fourth-order valence-electron chi connectivity index (χ4n) is 2.04.